The highest BCUT2D eigenvalue weighted by Gasteiger charge is 2.41. The van der Waals surface area contributed by atoms with Crippen molar-refractivity contribution >= 4 is 12.6 Å². The molecule has 0 amide bonds. The Morgan fingerprint density at radius 3 is 1.53 bits per heavy atom. The van der Waals surface area contributed by atoms with Crippen LogP contribution in [0.15, 0.2) is 42.0 Å². The first kappa shape index (κ1) is 25.6. The molecule has 1 heterocycles. The Labute approximate surface area is 189 Å². The average molecular weight is 430 g/mol. The van der Waals surface area contributed by atoms with Gasteiger partial charge in [-0.25, -0.2) is 0 Å². The molecule has 1 unspecified atom stereocenters. The second kappa shape index (κ2) is 16.1. The fraction of sp³-hybridized carbons (Fsp3) is 0.724. The summed E-state index contributed by atoms with van der Waals surface area (Å²) in [5.41, 5.74) is 1.64. The van der Waals surface area contributed by atoms with Gasteiger partial charge >= 0.3 is 0 Å². The van der Waals surface area contributed by atoms with Gasteiger partial charge in [-0.2, -0.15) is 0 Å². The molecule has 0 fully saturated rings. The third-order valence-corrected chi connectivity index (χ3v) is 11.6. The van der Waals surface area contributed by atoms with Gasteiger partial charge in [0.25, 0.3) is 0 Å². The van der Waals surface area contributed by atoms with E-state index in [4.69, 9.17) is 0 Å². The van der Waals surface area contributed by atoms with Gasteiger partial charge in [0, 0.05) is 0 Å². The number of allylic oxidation sites excluding steroid dienone is 2. The van der Waals surface area contributed by atoms with Gasteiger partial charge in [-0.05, 0) is 43.5 Å². The SMILES string of the molecule is CCCCCCCCCCCCCCCCCC[P+]1(c2ccccc2)CC=C(C)C1. The first-order valence-corrected chi connectivity index (χ1v) is 15.7. The molecule has 0 spiro atoms. The summed E-state index contributed by atoms with van der Waals surface area (Å²) in [4.78, 5) is 0. The van der Waals surface area contributed by atoms with Crippen LogP contribution in [0.25, 0.3) is 0 Å². The van der Waals surface area contributed by atoms with E-state index >= 15 is 0 Å². The van der Waals surface area contributed by atoms with E-state index in [0.29, 0.717) is 0 Å². The monoisotopic (exact) mass is 429 g/mol. The number of hydrogen-bond donors (Lipinski definition) is 0. The first-order valence-electron chi connectivity index (χ1n) is 13.3. The van der Waals surface area contributed by atoms with E-state index in [9.17, 15) is 0 Å². The molecule has 1 aliphatic heterocycles. The summed E-state index contributed by atoms with van der Waals surface area (Å²) in [6.45, 7) is 4.65. The molecule has 0 aromatic heterocycles. The lowest BCUT2D eigenvalue weighted by Gasteiger charge is -2.23. The van der Waals surface area contributed by atoms with Gasteiger partial charge < -0.3 is 0 Å². The van der Waals surface area contributed by atoms with Crippen molar-refractivity contribution in [3.63, 3.8) is 0 Å². The minimum Gasteiger partial charge on any atom is -0.0654 e. The molecule has 1 aromatic rings. The molecule has 0 nitrogen and oxygen atoms in total. The molecule has 0 bridgehead atoms. The Bertz CT molecular complexity index is 561. The summed E-state index contributed by atoms with van der Waals surface area (Å²) in [6, 6.07) is 11.5. The van der Waals surface area contributed by atoms with Crippen LogP contribution in [0.5, 0.6) is 0 Å². The quantitative estimate of drug-likeness (QED) is 0.124. The normalized spacial score (nSPS) is 18.7. The standard InChI is InChI=1S/C29H50P/c1-3-4-5-6-7-8-9-10-11-12-13-14-15-16-17-21-25-30(26-24-28(2)27-30)29-22-19-18-20-23-29/h18-20,22-24H,3-17,21,25-27H2,1-2H3/q+1. The second-order valence-corrected chi connectivity index (χ2v) is 13.8. The molecule has 1 aliphatic rings. The maximum Gasteiger partial charge on any atom is 0.0946 e. The van der Waals surface area contributed by atoms with Crippen molar-refractivity contribution in [3.8, 4) is 0 Å². The topological polar surface area (TPSA) is 0 Å². The third kappa shape index (κ3) is 10.1. The molecule has 30 heavy (non-hydrogen) atoms. The van der Waals surface area contributed by atoms with Crippen LogP contribution < -0.4 is 5.30 Å². The maximum atomic E-state index is 2.53. The molecule has 1 atom stereocenters. The van der Waals surface area contributed by atoms with Crippen molar-refractivity contribution < 1.29 is 0 Å². The average Bonchev–Trinajstić information content (AvgIpc) is 3.16. The summed E-state index contributed by atoms with van der Waals surface area (Å²) in [5, 5.41) is 1.68. The lowest BCUT2D eigenvalue weighted by Crippen LogP contribution is -2.17. The Kier molecular flexibility index (Phi) is 13.8. The predicted molar refractivity (Wildman–Crippen MR) is 141 cm³/mol. The van der Waals surface area contributed by atoms with Crippen molar-refractivity contribution in [2.24, 2.45) is 0 Å². The molecule has 0 aliphatic carbocycles. The van der Waals surface area contributed by atoms with Gasteiger partial charge in [0.1, 0.15) is 0 Å². The lowest BCUT2D eigenvalue weighted by molar-refractivity contribution is 0.531. The van der Waals surface area contributed by atoms with Crippen LogP contribution in [-0.4, -0.2) is 18.5 Å². The molecule has 2 rings (SSSR count). The van der Waals surface area contributed by atoms with E-state index in [0.717, 1.165) is 0 Å². The zero-order valence-corrected chi connectivity index (χ0v) is 21.2. The number of unbranched alkanes of at least 4 members (excludes halogenated alkanes) is 15. The molecule has 0 saturated heterocycles. The summed E-state index contributed by atoms with van der Waals surface area (Å²) >= 11 is 0. The Morgan fingerprint density at radius 1 is 0.633 bits per heavy atom. The molecule has 1 aromatic carbocycles. The van der Waals surface area contributed by atoms with Crippen molar-refractivity contribution in [3.05, 3.63) is 42.0 Å². The molecule has 1 heteroatoms. The third-order valence-electron chi connectivity index (χ3n) is 7.08. The second-order valence-electron chi connectivity index (χ2n) is 9.90. The van der Waals surface area contributed by atoms with Crippen LogP contribution in [0.2, 0.25) is 0 Å². The van der Waals surface area contributed by atoms with Gasteiger partial charge in [0.15, 0.2) is 0 Å². The van der Waals surface area contributed by atoms with E-state index < -0.39 is 7.26 Å². The first-order chi connectivity index (χ1) is 14.8. The summed E-state index contributed by atoms with van der Waals surface area (Å²) in [6.07, 6.45) is 30.1. The smallest absolute Gasteiger partial charge is 0.0654 e. The van der Waals surface area contributed by atoms with Gasteiger partial charge in [-0.15, -0.1) is 0 Å². The van der Waals surface area contributed by atoms with Gasteiger partial charge in [0.2, 0.25) is 0 Å². The largest absolute Gasteiger partial charge is 0.0946 e. The fourth-order valence-electron chi connectivity index (χ4n) is 5.14. The van der Waals surface area contributed by atoms with E-state index in [1.54, 1.807) is 10.9 Å². The highest BCUT2D eigenvalue weighted by atomic mass is 31.2. The Morgan fingerprint density at radius 2 is 1.10 bits per heavy atom. The molecule has 0 radical (unpaired) electrons. The Balaban J connectivity index is 1.43. The van der Waals surface area contributed by atoms with Crippen LogP contribution in [0, 0.1) is 0 Å². The van der Waals surface area contributed by atoms with E-state index in [2.05, 4.69) is 50.3 Å². The van der Waals surface area contributed by atoms with Crippen LogP contribution in [0.4, 0.5) is 0 Å². The molecule has 0 N–H and O–H groups in total. The molecular weight excluding hydrogens is 379 g/mol. The van der Waals surface area contributed by atoms with E-state index in [-0.39, 0.29) is 0 Å². The van der Waals surface area contributed by atoms with Crippen molar-refractivity contribution in [2.45, 2.75) is 117 Å². The highest BCUT2D eigenvalue weighted by Crippen LogP contribution is 2.62. The van der Waals surface area contributed by atoms with Crippen molar-refractivity contribution in [1.29, 1.82) is 0 Å². The minimum atomic E-state index is -0.936. The van der Waals surface area contributed by atoms with Crippen LogP contribution in [0.3, 0.4) is 0 Å². The van der Waals surface area contributed by atoms with Crippen LogP contribution in [0.1, 0.15) is 117 Å². The zero-order chi connectivity index (χ0) is 21.3. The molecule has 170 valence electrons. The predicted octanol–water partition coefficient (Wildman–Crippen LogP) is 9.55. The summed E-state index contributed by atoms with van der Waals surface area (Å²) in [5.74, 6) is 0. The summed E-state index contributed by atoms with van der Waals surface area (Å²) < 4.78 is 0. The number of benzene rings is 1. The number of hydrogen-bond acceptors (Lipinski definition) is 0. The molecule has 0 saturated carbocycles. The van der Waals surface area contributed by atoms with Gasteiger partial charge in [0.05, 0.1) is 31.1 Å². The van der Waals surface area contributed by atoms with Gasteiger partial charge in [-0.3, -0.25) is 0 Å². The molecular formula is C29H50P+. The number of rotatable bonds is 18. The highest BCUT2D eigenvalue weighted by molar-refractivity contribution is 7.83. The van der Waals surface area contributed by atoms with Crippen LogP contribution in [-0.2, 0) is 0 Å². The lowest BCUT2D eigenvalue weighted by atomic mass is 10.0. The van der Waals surface area contributed by atoms with Crippen molar-refractivity contribution in [1.82, 2.24) is 0 Å². The Hall–Kier alpha value is -0.610. The van der Waals surface area contributed by atoms with Crippen molar-refractivity contribution in [2.75, 3.05) is 18.5 Å². The van der Waals surface area contributed by atoms with Crippen LogP contribution >= 0.6 is 7.26 Å². The minimum absolute atomic E-state index is 0.936. The summed E-state index contributed by atoms with van der Waals surface area (Å²) in [7, 11) is -0.936. The zero-order valence-electron chi connectivity index (χ0n) is 20.3. The maximum absolute atomic E-state index is 2.53. The fourth-order valence-corrected chi connectivity index (χ4v) is 9.64. The van der Waals surface area contributed by atoms with Gasteiger partial charge in [-0.1, -0.05) is 115 Å². The van der Waals surface area contributed by atoms with E-state index in [1.807, 2.05) is 0 Å². The van der Waals surface area contributed by atoms with E-state index in [1.165, 1.54) is 121 Å².